The van der Waals surface area contributed by atoms with Crippen molar-refractivity contribution in [2.24, 2.45) is 0 Å². The van der Waals surface area contributed by atoms with Crippen LogP contribution in [0.5, 0.6) is 0 Å². The zero-order valence-corrected chi connectivity index (χ0v) is 11.4. The van der Waals surface area contributed by atoms with E-state index in [1.807, 2.05) is 6.92 Å². The predicted octanol–water partition coefficient (Wildman–Crippen LogP) is 1.46. The molecule has 0 spiro atoms. The monoisotopic (exact) mass is 292 g/mol. The van der Waals surface area contributed by atoms with E-state index in [9.17, 15) is 12.8 Å². The van der Waals surface area contributed by atoms with Gasteiger partial charge < -0.3 is 5.32 Å². The number of hydrogen-bond donors (Lipinski definition) is 1. The maximum absolute atomic E-state index is 12.9. The summed E-state index contributed by atoms with van der Waals surface area (Å²) in [5.74, 6) is -0.548. The van der Waals surface area contributed by atoms with Crippen LogP contribution in [0.3, 0.4) is 0 Å². The van der Waals surface area contributed by atoms with Crippen molar-refractivity contribution in [2.75, 3.05) is 19.6 Å². The molecule has 1 heterocycles. The highest BCUT2D eigenvalue weighted by Gasteiger charge is 2.30. The Morgan fingerprint density at radius 3 is 2.83 bits per heavy atom. The second-order valence-electron chi connectivity index (χ2n) is 4.29. The summed E-state index contributed by atoms with van der Waals surface area (Å²) in [6.45, 7) is 3.28. The number of halogens is 2. The van der Waals surface area contributed by atoms with E-state index in [2.05, 4.69) is 5.32 Å². The van der Waals surface area contributed by atoms with Crippen LogP contribution in [0.15, 0.2) is 23.1 Å². The maximum Gasteiger partial charge on any atom is 0.244 e. The van der Waals surface area contributed by atoms with E-state index in [1.165, 1.54) is 10.4 Å². The summed E-state index contributed by atoms with van der Waals surface area (Å²) in [4.78, 5) is -0.0420. The lowest BCUT2D eigenvalue weighted by Gasteiger charge is -2.31. The number of sulfonamides is 1. The highest BCUT2D eigenvalue weighted by atomic mass is 35.5. The van der Waals surface area contributed by atoms with Gasteiger partial charge in [0.1, 0.15) is 10.7 Å². The quantitative estimate of drug-likeness (QED) is 0.898. The van der Waals surface area contributed by atoms with Gasteiger partial charge in [-0.2, -0.15) is 4.31 Å². The lowest BCUT2D eigenvalue weighted by atomic mass is 10.3. The topological polar surface area (TPSA) is 49.4 Å². The molecule has 0 radical (unpaired) electrons. The van der Waals surface area contributed by atoms with E-state index in [0.29, 0.717) is 19.6 Å². The molecule has 1 saturated heterocycles. The van der Waals surface area contributed by atoms with Gasteiger partial charge in [0, 0.05) is 25.7 Å². The molecule has 1 fully saturated rings. The van der Waals surface area contributed by atoms with Crippen molar-refractivity contribution < 1.29 is 12.8 Å². The second-order valence-corrected chi connectivity index (χ2v) is 6.61. The molecule has 7 heteroatoms. The number of rotatable bonds is 2. The summed E-state index contributed by atoms with van der Waals surface area (Å²) in [6, 6.07) is 3.41. The standard InChI is InChI=1S/C11H14ClFN2O2S/c1-8-7-15(5-4-14-8)18(16,17)11-3-2-9(13)6-10(11)12/h2-3,6,8,14H,4-5,7H2,1H3/t8-/m1/s1. The molecule has 0 amide bonds. The number of piperazine rings is 1. The predicted molar refractivity (Wildman–Crippen MR) is 67.6 cm³/mol. The summed E-state index contributed by atoms with van der Waals surface area (Å²) in [5.41, 5.74) is 0. The number of nitrogens with zero attached hydrogens (tertiary/aromatic N) is 1. The zero-order chi connectivity index (χ0) is 13.3. The lowest BCUT2D eigenvalue weighted by Crippen LogP contribution is -2.51. The van der Waals surface area contributed by atoms with Crippen LogP contribution in [0.1, 0.15) is 6.92 Å². The van der Waals surface area contributed by atoms with E-state index in [1.54, 1.807) is 0 Å². The van der Waals surface area contributed by atoms with Gasteiger partial charge in [0.25, 0.3) is 0 Å². The Hall–Kier alpha value is -0.690. The fourth-order valence-corrected chi connectivity index (χ4v) is 3.97. The van der Waals surface area contributed by atoms with Crippen LogP contribution in [0.4, 0.5) is 4.39 Å². The summed E-state index contributed by atoms with van der Waals surface area (Å²) >= 11 is 5.81. The molecule has 1 aliphatic rings. The van der Waals surface area contributed by atoms with Gasteiger partial charge >= 0.3 is 0 Å². The zero-order valence-electron chi connectivity index (χ0n) is 9.86. The third-order valence-electron chi connectivity index (χ3n) is 2.84. The Balaban J connectivity index is 2.35. The van der Waals surface area contributed by atoms with Gasteiger partial charge in [-0.1, -0.05) is 11.6 Å². The van der Waals surface area contributed by atoms with Crippen molar-refractivity contribution in [1.29, 1.82) is 0 Å². The molecule has 2 rings (SSSR count). The minimum absolute atomic E-state index is 0.0420. The number of nitrogens with one attached hydrogen (secondary N) is 1. The molecule has 0 aliphatic carbocycles. The molecular formula is C11H14ClFN2O2S. The highest BCUT2D eigenvalue weighted by Crippen LogP contribution is 2.25. The molecule has 4 nitrogen and oxygen atoms in total. The first kappa shape index (κ1) is 13.7. The Morgan fingerprint density at radius 2 is 2.22 bits per heavy atom. The summed E-state index contributed by atoms with van der Waals surface area (Å²) in [6.07, 6.45) is 0. The van der Waals surface area contributed by atoms with Crippen molar-refractivity contribution in [1.82, 2.24) is 9.62 Å². The average molecular weight is 293 g/mol. The van der Waals surface area contributed by atoms with Crippen LogP contribution in [0.25, 0.3) is 0 Å². The van der Waals surface area contributed by atoms with Crippen molar-refractivity contribution in [3.8, 4) is 0 Å². The van der Waals surface area contributed by atoms with Crippen LogP contribution in [0.2, 0.25) is 5.02 Å². The van der Waals surface area contributed by atoms with Gasteiger partial charge in [-0.3, -0.25) is 0 Å². The van der Waals surface area contributed by atoms with Crippen LogP contribution in [-0.2, 0) is 10.0 Å². The van der Waals surface area contributed by atoms with Crippen LogP contribution < -0.4 is 5.32 Å². The Labute approximate surface area is 111 Å². The minimum Gasteiger partial charge on any atom is -0.312 e. The Bertz CT molecular complexity index is 550. The first-order valence-electron chi connectivity index (χ1n) is 5.60. The normalized spacial score (nSPS) is 22.1. The van der Waals surface area contributed by atoms with Crippen LogP contribution in [0, 0.1) is 5.82 Å². The third kappa shape index (κ3) is 2.66. The van der Waals surface area contributed by atoms with Gasteiger partial charge in [0.2, 0.25) is 10.0 Å². The maximum atomic E-state index is 12.9. The molecule has 1 N–H and O–H groups in total. The highest BCUT2D eigenvalue weighted by molar-refractivity contribution is 7.89. The average Bonchev–Trinajstić information content (AvgIpc) is 2.28. The third-order valence-corrected chi connectivity index (χ3v) is 5.19. The molecule has 18 heavy (non-hydrogen) atoms. The SMILES string of the molecule is C[C@@H]1CN(S(=O)(=O)c2ccc(F)cc2Cl)CCN1. The Morgan fingerprint density at radius 1 is 1.50 bits per heavy atom. The van der Waals surface area contributed by atoms with Crippen molar-refractivity contribution in [3.05, 3.63) is 29.0 Å². The van der Waals surface area contributed by atoms with E-state index >= 15 is 0 Å². The molecule has 0 bridgehead atoms. The molecule has 0 unspecified atom stereocenters. The summed E-state index contributed by atoms with van der Waals surface area (Å²) in [7, 11) is -3.65. The summed E-state index contributed by atoms with van der Waals surface area (Å²) in [5, 5.41) is 3.08. The fraction of sp³-hybridized carbons (Fsp3) is 0.455. The number of hydrogen-bond acceptors (Lipinski definition) is 3. The molecule has 1 aromatic rings. The molecule has 1 aromatic carbocycles. The van der Waals surface area contributed by atoms with Crippen molar-refractivity contribution >= 4 is 21.6 Å². The van der Waals surface area contributed by atoms with E-state index < -0.39 is 15.8 Å². The molecule has 0 aromatic heterocycles. The first-order chi connectivity index (χ1) is 8.41. The van der Waals surface area contributed by atoms with Gasteiger partial charge in [-0.05, 0) is 25.1 Å². The second kappa shape index (κ2) is 5.13. The fourth-order valence-electron chi connectivity index (χ4n) is 1.94. The first-order valence-corrected chi connectivity index (χ1v) is 7.41. The van der Waals surface area contributed by atoms with Gasteiger partial charge in [-0.25, -0.2) is 12.8 Å². The minimum atomic E-state index is -3.65. The van der Waals surface area contributed by atoms with Crippen LogP contribution >= 0.6 is 11.6 Å². The van der Waals surface area contributed by atoms with Gasteiger partial charge in [0.15, 0.2) is 0 Å². The number of benzene rings is 1. The molecule has 1 atom stereocenters. The largest absolute Gasteiger partial charge is 0.312 e. The Kier molecular flexibility index (Phi) is 3.91. The molecule has 0 saturated carbocycles. The van der Waals surface area contributed by atoms with Gasteiger partial charge in [0.05, 0.1) is 5.02 Å². The van der Waals surface area contributed by atoms with Crippen LogP contribution in [-0.4, -0.2) is 38.4 Å². The van der Waals surface area contributed by atoms with Crippen molar-refractivity contribution in [2.45, 2.75) is 17.9 Å². The smallest absolute Gasteiger partial charge is 0.244 e. The van der Waals surface area contributed by atoms with E-state index in [-0.39, 0.29) is 16.0 Å². The summed E-state index contributed by atoms with van der Waals surface area (Å²) < 4.78 is 39.0. The van der Waals surface area contributed by atoms with E-state index in [0.717, 1.165) is 12.1 Å². The lowest BCUT2D eigenvalue weighted by molar-refractivity contribution is 0.310. The van der Waals surface area contributed by atoms with Gasteiger partial charge in [-0.15, -0.1) is 0 Å². The van der Waals surface area contributed by atoms with E-state index in [4.69, 9.17) is 11.6 Å². The van der Waals surface area contributed by atoms with Crippen molar-refractivity contribution in [3.63, 3.8) is 0 Å². The molecule has 1 aliphatic heterocycles. The molecular weight excluding hydrogens is 279 g/mol. The molecule has 100 valence electrons.